The standard InChI is InChI=1S/C20H25BrN2O/c1-18-7-15-8-19(2,11-18)13-20(9-15,12-18)17(24)23-22-10-14-3-5-16(21)6-4-14/h3-6,10,15H,7-9,11-13H2,1-2H3,(H,23,24)/t15?,18-,19+,20?. The highest BCUT2D eigenvalue weighted by molar-refractivity contribution is 9.10. The average Bonchev–Trinajstić information content (AvgIpc) is 2.45. The van der Waals surface area contributed by atoms with Gasteiger partial charge in [-0.1, -0.05) is 41.9 Å². The minimum atomic E-state index is -0.194. The lowest BCUT2D eigenvalue weighted by molar-refractivity contribution is -0.170. The van der Waals surface area contributed by atoms with E-state index in [9.17, 15) is 4.79 Å². The summed E-state index contributed by atoms with van der Waals surface area (Å²) in [5.41, 5.74) is 4.35. The van der Waals surface area contributed by atoms with Crippen molar-refractivity contribution >= 4 is 28.1 Å². The van der Waals surface area contributed by atoms with Crippen LogP contribution in [-0.4, -0.2) is 12.1 Å². The zero-order valence-corrected chi connectivity index (χ0v) is 16.0. The zero-order valence-electron chi connectivity index (χ0n) is 14.4. The highest BCUT2D eigenvalue weighted by Crippen LogP contribution is 2.69. The lowest BCUT2D eigenvalue weighted by atomic mass is 9.40. The highest BCUT2D eigenvalue weighted by atomic mass is 79.9. The second-order valence-electron chi connectivity index (χ2n) is 9.16. The van der Waals surface area contributed by atoms with Gasteiger partial charge in [0.25, 0.3) is 0 Å². The van der Waals surface area contributed by atoms with E-state index in [1.54, 1.807) is 6.21 Å². The molecule has 128 valence electrons. The second-order valence-corrected chi connectivity index (χ2v) is 10.1. The molecule has 4 heteroatoms. The number of nitrogens with one attached hydrogen (secondary N) is 1. The topological polar surface area (TPSA) is 41.5 Å². The maximum absolute atomic E-state index is 13.0. The van der Waals surface area contributed by atoms with Crippen LogP contribution >= 0.6 is 15.9 Å². The molecule has 24 heavy (non-hydrogen) atoms. The maximum atomic E-state index is 13.0. The fourth-order valence-electron chi connectivity index (χ4n) is 6.53. The molecular formula is C20H25BrN2O. The lowest BCUT2D eigenvalue weighted by Gasteiger charge is -2.64. The van der Waals surface area contributed by atoms with Crippen LogP contribution in [0.1, 0.15) is 57.9 Å². The summed E-state index contributed by atoms with van der Waals surface area (Å²) in [6, 6.07) is 7.91. The molecule has 0 aliphatic heterocycles. The molecule has 4 fully saturated rings. The first kappa shape index (κ1) is 16.3. The Balaban J connectivity index is 1.49. The van der Waals surface area contributed by atoms with Gasteiger partial charge in [0.1, 0.15) is 0 Å². The van der Waals surface area contributed by atoms with Gasteiger partial charge in [0.2, 0.25) is 5.91 Å². The van der Waals surface area contributed by atoms with Crippen LogP contribution in [0.25, 0.3) is 0 Å². The fraction of sp³-hybridized carbons (Fsp3) is 0.600. The molecule has 3 nitrogen and oxygen atoms in total. The van der Waals surface area contributed by atoms with Gasteiger partial charge in [-0.2, -0.15) is 5.10 Å². The molecule has 1 amide bonds. The van der Waals surface area contributed by atoms with Gasteiger partial charge in [0, 0.05) is 4.47 Å². The largest absolute Gasteiger partial charge is 0.273 e. The number of rotatable bonds is 3. The first-order valence-electron chi connectivity index (χ1n) is 8.89. The second kappa shape index (κ2) is 5.42. The van der Waals surface area contributed by atoms with Gasteiger partial charge in [-0.25, -0.2) is 5.43 Å². The molecule has 5 rings (SSSR count). The van der Waals surface area contributed by atoms with Crippen LogP contribution < -0.4 is 5.43 Å². The summed E-state index contributed by atoms with van der Waals surface area (Å²) in [5.74, 6) is 0.856. The van der Waals surface area contributed by atoms with Gasteiger partial charge in [-0.15, -0.1) is 0 Å². The SMILES string of the molecule is C[C@]12CC3CC(C(=O)NN=Cc4ccc(Br)cc4)(C1)C[C@@](C)(C3)C2. The number of benzene rings is 1. The molecule has 4 saturated carbocycles. The third-order valence-corrected chi connectivity index (χ3v) is 6.89. The Labute approximate surface area is 152 Å². The first-order valence-corrected chi connectivity index (χ1v) is 9.68. The maximum Gasteiger partial charge on any atom is 0.246 e. The van der Waals surface area contributed by atoms with E-state index in [0.29, 0.717) is 10.8 Å². The summed E-state index contributed by atoms with van der Waals surface area (Å²) >= 11 is 3.42. The van der Waals surface area contributed by atoms with E-state index in [-0.39, 0.29) is 11.3 Å². The zero-order chi connectivity index (χ0) is 17.0. The van der Waals surface area contributed by atoms with Crippen molar-refractivity contribution in [1.29, 1.82) is 0 Å². The van der Waals surface area contributed by atoms with Crippen LogP contribution in [0.5, 0.6) is 0 Å². The number of hydrogen-bond acceptors (Lipinski definition) is 2. The van der Waals surface area contributed by atoms with Crippen molar-refractivity contribution in [1.82, 2.24) is 5.43 Å². The van der Waals surface area contributed by atoms with Gasteiger partial charge < -0.3 is 0 Å². The predicted octanol–water partition coefficient (Wildman–Crippen LogP) is 4.90. The number of hydrazone groups is 1. The smallest absolute Gasteiger partial charge is 0.246 e. The molecule has 0 heterocycles. The van der Waals surface area contributed by atoms with Crippen molar-refractivity contribution in [3.63, 3.8) is 0 Å². The van der Waals surface area contributed by atoms with E-state index < -0.39 is 0 Å². The molecule has 1 N–H and O–H groups in total. The number of hydrogen-bond donors (Lipinski definition) is 1. The third kappa shape index (κ3) is 2.83. The number of carbonyl (C=O) groups is 1. The molecule has 1 aromatic carbocycles. The first-order chi connectivity index (χ1) is 11.3. The Kier molecular flexibility index (Phi) is 3.68. The Bertz CT molecular complexity index is 678. The molecule has 0 saturated heterocycles. The van der Waals surface area contributed by atoms with Gasteiger partial charge in [-0.05, 0) is 73.0 Å². The number of nitrogens with zero attached hydrogens (tertiary/aromatic N) is 1. The van der Waals surface area contributed by atoms with E-state index >= 15 is 0 Å². The molecule has 4 aliphatic rings. The number of amides is 1. The van der Waals surface area contributed by atoms with Gasteiger partial charge in [0.05, 0.1) is 11.6 Å². The molecule has 1 aromatic rings. The molecular weight excluding hydrogens is 364 g/mol. The van der Waals surface area contributed by atoms with Crippen molar-refractivity contribution in [2.75, 3.05) is 0 Å². The molecule has 0 radical (unpaired) electrons. The van der Waals surface area contributed by atoms with Crippen LogP contribution in [0.15, 0.2) is 33.8 Å². The van der Waals surface area contributed by atoms with Crippen molar-refractivity contribution in [2.24, 2.45) is 27.3 Å². The van der Waals surface area contributed by atoms with Gasteiger partial charge >= 0.3 is 0 Å². The molecule has 0 spiro atoms. The molecule has 4 bridgehead atoms. The van der Waals surface area contributed by atoms with E-state index in [2.05, 4.69) is 40.3 Å². The van der Waals surface area contributed by atoms with Crippen molar-refractivity contribution in [2.45, 2.75) is 52.4 Å². The minimum Gasteiger partial charge on any atom is -0.273 e. The summed E-state index contributed by atoms with van der Waals surface area (Å²) in [6.45, 7) is 4.78. The molecule has 4 aliphatic carbocycles. The lowest BCUT2D eigenvalue weighted by Crippen LogP contribution is -2.59. The van der Waals surface area contributed by atoms with Crippen LogP contribution in [0, 0.1) is 22.2 Å². The van der Waals surface area contributed by atoms with Crippen molar-refractivity contribution in [3.8, 4) is 0 Å². The van der Waals surface area contributed by atoms with Gasteiger partial charge in [0.15, 0.2) is 0 Å². The van der Waals surface area contributed by atoms with Crippen molar-refractivity contribution in [3.05, 3.63) is 34.3 Å². The molecule has 0 aromatic heterocycles. The summed E-state index contributed by atoms with van der Waals surface area (Å²) in [6.07, 6.45) is 8.75. The van der Waals surface area contributed by atoms with Gasteiger partial charge in [-0.3, -0.25) is 4.79 Å². The summed E-state index contributed by atoms with van der Waals surface area (Å²) in [4.78, 5) is 13.0. The van der Waals surface area contributed by atoms with E-state index in [1.165, 1.54) is 19.3 Å². The highest BCUT2D eigenvalue weighted by Gasteiger charge is 2.62. The number of carbonyl (C=O) groups excluding carboxylic acids is 1. The quantitative estimate of drug-likeness (QED) is 0.580. The normalized spacial score (nSPS) is 40.2. The Morgan fingerprint density at radius 1 is 1.12 bits per heavy atom. The van der Waals surface area contributed by atoms with E-state index in [0.717, 1.165) is 35.2 Å². The fourth-order valence-corrected chi connectivity index (χ4v) is 6.80. The Hall–Kier alpha value is -1.16. The van der Waals surface area contributed by atoms with Crippen LogP contribution in [0.2, 0.25) is 0 Å². The minimum absolute atomic E-state index is 0.136. The van der Waals surface area contributed by atoms with Crippen LogP contribution in [0.3, 0.4) is 0 Å². The Morgan fingerprint density at radius 3 is 2.33 bits per heavy atom. The predicted molar refractivity (Wildman–Crippen MR) is 99.7 cm³/mol. The van der Waals surface area contributed by atoms with E-state index in [1.807, 2.05) is 24.3 Å². The van der Waals surface area contributed by atoms with Crippen molar-refractivity contribution < 1.29 is 4.79 Å². The Morgan fingerprint density at radius 2 is 1.75 bits per heavy atom. The number of halogens is 1. The molecule has 4 atom stereocenters. The average molecular weight is 389 g/mol. The van der Waals surface area contributed by atoms with Crippen LogP contribution in [0.4, 0.5) is 0 Å². The van der Waals surface area contributed by atoms with Crippen LogP contribution in [-0.2, 0) is 4.79 Å². The third-order valence-electron chi connectivity index (χ3n) is 6.36. The summed E-state index contributed by atoms with van der Waals surface area (Å²) in [7, 11) is 0. The molecule has 2 unspecified atom stereocenters. The monoisotopic (exact) mass is 388 g/mol. The summed E-state index contributed by atoms with van der Waals surface area (Å²) in [5, 5.41) is 4.23. The van der Waals surface area contributed by atoms with E-state index in [4.69, 9.17) is 0 Å². The summed E-state index contributed by atoms with van der Waals surface area (Å²) < 4.78 is 1.04.